The van der Waals surface area contributed by atoms with Gasteiger partial charge in [0.15, 0.2) is 0 Å². The molecule has 1 aromatic heterocycles. The van der Waals surface area contributed by atoms with Gasteiger partial charge in [0.2, 0.25) is 0 Å². The number of hydrogen-bond acceptors (Lipinski definition) is 1. The summed E-state index contributed by atoms with van der Waals surface area (Å²) in [6.45, 7) is 0. The summed E-state index contributed by atoms with van der Waals surface area (Å²) in [7, 11) is 1.96. The first-order valence-electron chi connectivity index (χ1n) is 5.37. The standard InChI is InChI=1S/C11H17ClN2/c1-14-8-9(7-13-14)5-6-10-3-2-4-11(10)12/h7-8,10-11H,2-6H2,1H3. The molecule has 1 saturated carbocycles. The Labute approximate surface area is 90.3 Å². The quantitative estimate of drug-likeness (QED) is 0.705. The zero-order chi connectivity index (χ0) is 9.97. The molecule has 3 heteroatoms. The third-order valence-electron chi connectivity index (χ3n) is 3.13. The average Bonchev–Trinajstić information content (AvgIpc) is 2.72. The van der Waals surface area contributed by atoms with Crippen molar-refractivity contribution in [2.45, 2.75) is 37.5 Å². The first kappa shape index (κ1) is 10.0. The van der Waals surface area contributed by atoms with Crippen LogP contribution in [0, 0.1) is 5.92 Å². The minimum atomic E-state index is 0.423. The van der Waals surface area contributed by atoms with Crippen LogP contribution in [0.25, 0.3) is 0 Å². The van der Waals surface area contributed by atoms with Crippen LogP contribution < -0.4 is 0 Å². The first-order chi connectivity index (χ1) is 6.75. The SMILES string of the molecule is Cn1cc(CCC2CCCC2Cl)cn1. The maximum atomic E-state index is 6.23. The highest BCUT2D eigenvalue weighted by Crippen LogP contribution is 2.33. The van der Waals surface area contributed by atoms with Crippen molar-refractivity contribution in [1.82, 2.24) is 9.78 Å². The number of aryl methyl sites for hydroxylation is 2. The van der Waals surface area contributed by atoms with Gasteiger partial charge < -0.3 is 0 Å². The van der Waals surface area contributed by atoms with Crippen molar-refractivity contribution in [1.29, 1.82) is 0 Å². The molecule has 0 amide bonds. The molecule has 1 aliphatic rings. The first-order valence-corrected chi connectivity index (χ1v) is 5.81. The molecule has 2 nitrogen and oxygen atoms in total. The van der Waals surface area contributed by atoms with Gasteiger partial charge in [0.1, 0.15) is 0 Å². The van der Waals surface area contributed by atoms with E-state index in [0.717, 1.165) is 12.3 Å². The third-order valence-corrected chi connectivity index (χ3v) is 3.70. The molecular formula is C11H17ClN2. The van der Waals surface area contributed by atoms with Crippen LogP contribution in [0.4, 0.5) is 0 Å². The summed E-state index contributed by atoms with van der Waals surface area (Å²) in [6.07, 6.45) is 10.2. The fourth-order valence-electron chi connectivity index (χ4n) is 2.27. The molecule has 0 aliphatic heterocycles. The number of rotatable bonds is 3. The summed E-state index contributed by atoms with van der Waals surface area (Å²) in [5, 5.41) is 4.59. The van der Waals surface area contributed by atoms with E-state index in [2.05, 4.69) is 11.3 Å². The van der Waals surface area contributed by atoms with Gasteiger partial charge in [-0.3, -0.25) is 4.68 Å². The smallest absolute Gasteiger partial charge is 0.0521 e. The van der Waals surface area contributed by atoms with E-state index in [0.29, 0.717) is 5.38 Å². The van der Waals surface area contributed by atoms with Gasteiger partial charge in [-0.1, -0.05) is 6.42 Å². The Kier molecular flexibility index (Phi) is 3.12. The molecule has 0 aromatic carbocycles. The van der Waals surface area contributed by atoms with Gasteiger partial charge in [0.25, 0.3) is 0 Å². The molecule has 14 heavy (non-hydrogen) atoms. The summed E-state index contributed by atoms with van der Waals surface area (Å²) in [5.74, 6) is 0.733. The normalized spacial score (nSPS) is 27.0. The highest BCUT2D eigenvalue weighted by molar-refractivity contribution is 6.20. The fourth-order valence-corrected chi connectivity index (χ4v) is 2.68. The van der Waals surface area contributed by atoms with Crippen molar-refractivity contribution in [2.24, 2.45) is 13.0 Å². The second-order valence-corrected chi connectivity index (χ2v) is 4.83. The third kappa shape index (κ3) is 2.30. The Hall–Kier alpha value is -0.500. The summed E-state index contributed by atoms with van der Waals surface area (Å²) in [5.41, 5.74) is 1.34. The van der Waals surface area contributed by atoms with Gasteiger partial charge in [-0.05, 0) is 37.2 Å². The van der Waals surface area contributed by atoms with Gasteiger partial charge in [-0.15, -0.1) is 11.6 Å². The predicted molar refractivity (Wildman–Crippen MR) is 58.5 cm³/mol. The summed E-state index contributed by atoms with van der Waals surface area (Å²) in [4.78, 5) is 0. The van der Waals surface area contributed by atoms with E-state index >= 15 is 0 Å². The number of alkyl halides is 1. The van der Waals surface area contributed by atoms with E-state index in [1.54, 1.807) is 0 Å². The average molecular weight is 213 g/mol. The Balaban J connectivity index is 1.82. The van der Waals surface area contributed by atoms with Crippen molar-refractivity contribution in [3.63, 3.8) is 0 Å². The van der Waals surface area contributed by atoms with Crippen LogP contribution in [-0.4, -0.2) is 15.2 Å². The largest absolute Gasteiger partial charge is 0.276 e. The molecular weight excluding hydrogens is 196 g/mol. The van der Waals surface area contributed by atoms with E-state index in [9.17, 15) is 0 Å². The van der Waals surface area contributed by atoms with Crippen LogP contribution in [0.15, 0.2) is 12.4 Å². The van der Waals surface area contributed by atoms with Crippen LogP contribution in [0.1, 0.15) is 31.2 Å². The lowest BCUT2D eigenvalue weighted by molar-refractivity contribution is 0.509. The summed E-state index contributed by atoms with van der Waals surface area (Å²) >= 11 is 6.23. The molecule has 1 heterocycles. The van der Waals surface area contributed by atoms with Crippen LogP contribution in [0.5, 0.6) is 0 Å². The molecule has 0 N–H and O–H groups in total. The van der Waals surface area contributed by atoms with E-state index in [4.69, 9.17) is 11.6 Å². The Morgan fingerprint density at radius 1 is 1.57 bits per heavy atom. The van der Waals surface area contributed by atoms with Gasteiger partial charge in [0, 0.05) is 18.6 Å². The van der Waals surface area contributed by atoms with Crippen molar-refractivity contribution in [2.75, 3.05) is 0 Å². The van der Waals surface area contributed by atoms with Crippen LogP contribution >= 0.6 is 11.6 Å². The number of halogens is 1. The molecule has 1 aliphatic carbocycles. The van der Waals surface area contributed by atoms with Gasteiger partial charge in [0.05, 0.1) is 6.20 Å². The number of hydrogen-bond donors (Lipinski definition) is 0. The van der Waals surface area contributed by atoms with Crippen molar-refractivity contribution in [3.8, 4) is 0 Å². The van der Waals surface area contributed by atoms with Gasteiger partial charge >= 0.3 is 0 Å². The lowest BCUT2D eigenvalue weighted by Gasteiger charge is -2.11. The molecule has 2 atom stereocenters. The Morgan fingerprint density at radius 3 is 3.00 bits per heavy atom. The Bertz CT molecular complexity index is 295. The molecule has 0 spiro atoms. The minimum absolute atomic E-state index is 0.423. The topological polar surface area (TPSA) is 17.8 Å². The van der Waals surface area contributed by atoms with E-state index < -0.39 is 0 Å². The predicted octanol–water partition coefficient (Wildman–Crippen LogP) is 2.76. The summed E-state index contributed by atoms with van der Waals surface area (Å²) < 4.78 is 1.86. The second-order valence-electron chi connectivity index (χ2n) is 4.27. The molecule has 2 unspecified atom stereocenters. The lowest BCUT2D eigenvalue weighted by Crippen LogP contribution is -2.07. The monoisotopic (exact) mass is 212 g/mol. The van der Waals surface area contributed by atoms with Crippen LogP contribution in [-0.2, 0) is 13.5 Å². The number of aromatic nitrogens is 2. The van der Waals surface area contributed by atoms with Crippen molar-refractivity contribution < 1.29 is 0 Å². The van der Waals surface area contributed by atoms with E-state index in [1.807, 2.05) is 17.9 Å². The molecule has 0 saturated heterocycles. The highest BCUT2D eigenvalue weighted by Gasteiger charge is 2.24. The van der Waals surface area contributed by atoms with Gasteiger partial charge in [-0.25, -0.2) is 0 Å². The number of nitrogens with zero attached hydrogens (tertiary/aromatic N) is 2. The molecule has 1 aromatic rings. The molecule has 0 bridgehead atoms. The van der Waals surface area contributed by atoms with Crippen LogP contribution in [0.3, 0.4) is 0 Å². The maximum Gasteiger partial charge on any atom is 0.0521 e. The zero-order valence-corrected chi connectivity index (χ0v) is 9.37. The van der Waals surface area contributed by atoms with Crippen LogP contribution in [0.2, 0.25) is 0 Å². The molecule has 1 fully saturated rings. The highest BCUT2D eigenvalue weighted by atomic mass is 35.5. The van der Waals surface area contributed by atoms with Gasteiger partial charge in [-0.2, -0.15) is 5.10 Å². The maximum absolute atomic E-state index is 6.23. The van der Waals surface area contributed by atoms with Crippen molar-refractivity contribution in [3.05, 3.63) is 18.0 Å². The Morgan fingerprint density at radius 2 is 2.43 bits per heavy atom. The fraction of sp³-hybridized carbons (Fsp3) is 0.727. The van der Waals surface area contributed by atoms with Crippen molar-refractivity contribution >= 4 is 11.6 Å². The lowest BCUT2D eigenvalue weighted by atomic mass is 9.99. The molecule has 0 radical (unpaired) electrons. The zero-order valence-electron chi connectivity index (χ0n) is 8.62. The minimum Gasteiger partial charge on any atom is -0.276 e. The summed E-state index contributed by atoms with van der Waals surface area (Å²) in [6, 6.07) is 0. The van der Waals surface area contributed by atoms with E-state index in [-0.39, 0.29) is 0 Å². The second kappa shape index (κ2) is 4.35. The molecule has 78 valence electrons. The van der Waals surface area contributed by atoms with E-state index in [1.165, 1.54) is 31.2 Å². The molecule has 2 rings (SSSR count).